The van der Waals surface area contributed by atoms with Gasteiger partial charge in [-0.15, -0.1) is 0 Å². The highest BCUT2D eigenvalue weighted by Crippen LogP contribution is 2.96. The molecule has 2 aliphatic heterocycles. The fourth-order valence-electron chi connectivity index (χ4n) is 7.16. The Morgan fingerprint density at radius 2 is 1.67 bits per heavy atom. The zero-order valence-electron chi connectivity index (χ0n) is 12.6. The first kappa shape index (κ1) is 11.9. The molecule has 1 aromatic carbocycles. The van der Waals surface area contributed by atoms with E-state index in [0.717, 1.165) is 0 Å². The van der Waals surface area contributed by atoms with Gasteiger partial charge in [-0.3, -0.25) is 4.79 Å². The number of carbonyl (C=O) groups excluding carboxylic acids is 1. The quantitative estimate of drug-likeness (QED) is 0.808. The van der Waals surface area contributed by atoms with Crippen LogP contribution in [0.25, 0.3) is 5.69 Å². The molecule has 4 saturated carbocycles. The van der Waals surface area contributed by atoms with Crippen LogP contribution < -0.4 is 17.1 Å². The van der Waals surface area contributed by atoms with E-state index in [1.807, 2.05) is 6.07 Å². The van der Waals surface area contributed by atoms with Gasteiger partial charge in [-0.2, -0.15) is 0 Å². The van der Waals surface area contributed by atoms with Gasteiger partial charge >= 0.3 is 11.4 Å². The van der Waals surface area contributed by atoms with Crippen LogP contribution in [0, 0.1) is 35.0 Å². The second-order valence-electron chi connectivity index (χ2n) is 7.94. The number of hydrogen-bond acceptors (Lipinski definition) is 3. The molecule has 2 N–H and O–H groups in total. The van der Waals surface area contributed by atoms with Crippen molar-refractivity contribution < 1.29 is 4.79 Å². The molecule has 1 aromatic heterocycles. The number of hydrogen-bond donors (Lipinski definition) is 1. The molecule has 0 saturated heterocycles. The molecule has 6 aliphatic rings. The number of para-hydroxylation sites is 1. The van der Waals surface area contributed by atoms with Crippen LogP contribution in [0.2, 0.25) is 0 Å². The number of aromatic nitrogens is 3. The molecule has 8 atom stereocenters. The summed E-state index contributed by atoms with van der Waals surface area (Å²) in [6, 6.07) is 8.74. The Morgan fingerprint density at radius 1 is 0.958 bits per heavy atom. The molecule has 7 nitrogen and oxygen atoms in total. The van der Waals surface area contributed by atoms with Crippen LogP contribution in [0.4, 0.5) is 0 Å². The van der Waals surface area contributed by atoms with Crippen molar-refractivity contribution in [3.63, 3.8) is 0 Å². The number of amides is 1. The summed E-state index contributed by atoms with van der Waals surface area (Å²) in [4.78, 5) is 38.4. The highest BCUT2D eigenvalue weighted by molar-refractivity contribution is 5.89. The smallest absolute Gasteiger partial charge is 0.352 e. The summed E-state index contributed by atoms with van der Waals surface area (Å²) in [6.07, 6.45) is 0. The minimum Gasteiger partial charge on any atom is -0.369 e. The van der Waals surface area contributed by atoms with Crippen molar-refractivity contribution >= 4 is 5.91 Å². The summed E-state index contributed by atoms with van der Waals surface area (Å²) in [5, 5.41) is 0. The standard InChI is InChI=1S/C17H14N4O3/c18-14(22)17-10-7-8-9(7)13(17)21-16(24)19(6-4-2-1-3-5-6)15(23)20(21)12(8)11(10)17/h1-5,7-13H,(H2,18,22)/t7-,8-,9-,10+,11-,12+,13+,17+/m0/s1. The minimum absolute atomic E-state index is 0.0207. The van der Waals surface area contributed by atoms with Crippen LogP contribution in [-0.4, -0.2) is 19.8 Å². The van der Waals surface area contributed by atoms with Crippen LogP contribution in [0.15, 0.2) is 39.9 Å². The third-order valence-electron chi connectivity index (χ3n) is 7.60. The van der Waals surface area contributed by atoms with Gasteiger partial charge in [-0.25, -0.2) is 23.5 Å². The van der Waals surface area contributed by atoms with Gasteiger partial charge in [0.25, 0.3) is 0 Å². The van der Waals surface area contributed by atoms with Crippen molar-refractivity contribution in [1.82, 2.24) is 13.9 Å². The van der Waals surface area contributed by atoms with Crippen molar-refractivity contribution in [2.24, 2.45) is 40.7 Å². The van der Waals surface area contributed by atoms with E-state index in [-0.39, 0.29) is 35.3 Å². The van der Waals surface area contributed by atoms with Crippen LogP contribution in [-0.2, 0) is 4.79 Å². The first-order chi connectivity index (χ1) is 11.6. The molecule has 0 spiro atoms. The van der Waals surface area contributed by atoms with Gasteiger partial charge < -0.3 is 5.73 Å². The molecule has 4 aliphatic carbocycles. The van der Waals surface area contributed by atoms with Crippen molar-refractivity contribution in [3.05, 3.63) is 51.3 Å². The zero-order chi connectivity index (χ0) is 16.1. The topological polar surface area (TPSA) is 92.0 Å². The van der Waals surface area contributed by atoms with Gasteiger partial charge in [0.05, 0.1) is 23.2 Å². The van der Waals surface area contributed by atoms with Crippen molar-refractivity contribution in [2.75, 3.05) is 0 Å². The molecule has 24 heavy (non-hydrogen) atoms. The molecule has 0 unspecified atom stereocenters. The first-order valence-corrected chi connectivity index (χ1v) is 8.43. The average Bonchev–Trinajstić information content (AvgIpc) is 3.37. The Labute approximate surface area is 135 Å². The molecule has 3 heterocycles. The normalized spacial score (nSPS) is 46.8. The Balaban J connectivity index is 1.56. The molecule has 4 fully saturated rings. The maximum absolute atomic E-state index is 13.1. The number of nitrogens with two attached hydrogens (primary N) is 1. The Hall–Kier alpha value is -2.57. The fraction of sp³-hybridized carbons (Fsp3) is 0.471. The second kappa shape index (κ2) is 3.03. The maximum atomic E-state index is 13.1. The van der Waals surface area contributed by atoms with E-state index in [0.29, 0.717) is 29.4 Å². The summed E-state index contributed by atoms with van der Waals surface area (Å²) < 4.78 is 4.47. The Kier molecular flexibility index (Phi) is 1.50. The van der Waals surface area contributed by atoms with Crippen LogP contribution in [0.5, 0.6) is 0 Å². The van der Waals surface area contributed by atoms with Crippen LogP contribution in [0.1, 0.15) is 12.1 Å². The third-order valence-corrected chi connectivity index (χ3v) is 7.60. The molecule has 0 radical (unpaired) electrons. The van der Waals surface area contributed by atoms with Gasteiger partial charge in [0, 0.05) is 5.92 Å². The van der Waals surface area contributed by atoms with Gasteiger partial charge in [-0.05, 0) is 35.8 Å². The van der Waals surface area contributed by atoms with Gasteiger partial charge in [0.1, 0.15) is 0 Å². The molecule has 120 valence electrons. The summed E-state index contributed by atoms with van der Waals surface area (Å²) in [5.41, 5.74) is 5.17. The Morgan fingerprint density at radius 3 is 2.38 bits per heavy atom. The summed E-state index contributed by atoms with van der Waals surface area (Å²) in [6.45, 7) is 0. The van der Waals surface area contributed by atoms with Crippen molar-refractivity contribution in [1.29, 1.82) is 0 Å². The minimum atomic E-state index is -0.562. The number of rotatable bonds is 2. The number of nitrogens with zero attached hydrogens (tertiary/aromatic N) is 3. The van der Waals surface area contributed by atoms with E-state index in [9.17, 15) is 14.4 Å². The predicted molar refractivity (Wildman–Crippen MR) is 81.4 cm³/mol. The Bertz CT molecular complexity index is 1100. The summed E-state index contributed by atoms with van der Waals surface area (Å²) in [5.74, 6) is 1.52. The molecule has 1 amide bonds. The molecule has 7 heteroatoms. The number of benzene rings is 1. The van der Waals surface area contributed by atoms with E-state index in [1.54, 1.807) is 33.6 Å². The molecular formula is C17H14N4O3. The summed E-state index contributed by atoms with van der Waals surface area (Å²) in [7, 11) is 0. The lowest BCUT2D eigenvalue weighted by molar-refractivity contribution is -0.129. The SMILES string of the molecule is NC(=O)[C@@]12[C@@H]3[C@H]4[C@H]5[C@H]4[C@H]1n1c(=O)n(-c4ccccc4)c(=O)n1[C@H]5[C@H]32. The lowest BCUT2D eigenvalue weighted by Crippen LogP contribution is -2.52. The monoisotopic (exact) mass is 322 g/mol. The molecule has 2 bridgehead atoms. The molecule has 8 rings (SSSR count). The average molecular weight is 322 g/mol. The molecular weight excluding hydrogens is 308 g/mol. The third kappa shape index (κ3) is 0.825. The molecule has 2 aromatic rings. The van der Waals surface area contributed by atoms with E-state index in [2.05, 4.69) is 0 Å². The van der Waals surface area contributed by atoms with E-state index in [4.69, 9.17) is 5.73 Å². The maximum Gasteiger partial charge on any atom is 0.352 e. The van der Waals surface area contributed by atoms with E-state index in [1.165, 1.54) is 4.57 Å². The van der Waals surface area contributed by atoms with Crippen molar-refractivity contribution in [3.8, 4) is 5.69 Å². The van der Waals surface area contributed by atoms with Gasteiger partial charge in [-0.1, -0.05) is 18.2 Å². The largest absolute Gasteiger partial charge is 0.369 e. The second-order valence-corrected chi connectivity index (χ2v) is 7.94. The van der Waals surface area contributed by atoms with Crippen LogP contribution in [0.3, 0.4) is 0 Å². The van der Waals surface area contributed by atoms with Gasteiger partial charge in [0.15, 0.2) is 0 Å². The van der Waals surface area contributed by atoms with Crippen LogP contribution >= 0.6 is 0 Å². The number of primary amides is 1. The highest BCUT2D eigenvalue weighted by Gasteiger charge is 2.99. The van der Waals surface area contributed by atoms with Crippen molar-refractivity contribution in [2.45, 2.75) is 12.1 Å². The van der Waals surface area contributed by atoms with Gasteiger partial charge in [0.2, 0.25) is 5.91 Å². The van der Waals surface area contributed by atoms with E-state index >= 15 is 0 Å². The number of carbonyl (C=O) groups is 1. The first-order valence-electron chi connectivity index (χ1n) is 8.43. The lowest BCUT2D eigenvalue weighted by Gasteiger charge is -2.41. The summed E-state index contributed by atoms with van der Waals surface area (Å²) >= 11 is 0. The zero-order valence-corrected chi connectivity index (χ0v) is 12.6. The lowest BCUT2D eigenvalue weighted by atomic mass is 9.78. The highest BCUT2D eigenvalue weighted by atomic mass is 16.2. The fourth-order valence-corrected chi connectivity index (χ4v) is 7.16. The predicted octanol–water partition coefficient (Wildman–Crippen LogP) is -0.496. The van der Waals surface area contributed by atoms with E-state index < -0.39 is 5.41 Å².